The van der Waals surface area contributed by atoms with E-state index in [1.165, 1.54) is 14.2 Å². The second-order valence-electron chi connectivity index (χ2n) is 7.23. The van der Waals surface area contributed by atoms with Crippen LogP contribution in [-0.4, -0.2) is 45.8 Å². The minimum absolute atomic E-state index is 0.0805. The van der Waals surface area contributed by atoms with Crippen LogP contribution in [0.2, 0.25) is 0 Å². The van der Waals surface area contributed by atoms with Crippen LogP contribution in [0.3, 0.4) is 0 Å². The number of methoxy groups -OCH3 is 2. The summed E-state index contributed by atoms with van der Waals surface area (Å²) >= 11 is 0. The molecule has 0 unspecified atom stereocenters. The van der Waals surface area contributed by atoms with E-state index in [0.717, 1.165) is 5.75 Å². The molecular formula is C25H24N2O6. The molecule has 0 atom stereocenters. The van der Waals surface area contributed by atoms with Gasteiger partial charge in [-0.2, -0.15) is 0 Å². The van der Waals surface area contributed by atoms with E-state index in [9.17, 15) is 9.59 Å². The van der Waals surface area contributed by atoms with Gasteiger partial charge in [0, 0.05) is 23.4 Å². The fraction of sp³-hybridized carbons (Fsp3) is 0.200. The van der Waals surface area contributed by atoms with Gasteiger partial charge in [0.2, 0.25) is 0 Å². The monoisotopic (exact) mass is 448 g/mol. The Bertz CT molecular complexity index is 1130. The Labute approximate surface area is 191 Å². The largest absolute Gasteiger partial charge is 0.497 e. The van der Waals surface area contributed by atoms with Crippen molar-refractivity contribution in [1.82, 2.24) is 0 Å². The van der Waals surface area contributed by atoms with Crippen LogP contribution >= 0.6 is 0 Å². The topological polar surface area (TPSA) is 86.3 Å². The molecule has 170 valence electrons. The van der Waals surface area contributed by atoms with Crippen molar-refractivity contribution in [2.75, 3.05) is 44.2 Å². The standard InChI is InChI=1S/C25H24N2O6/c1-30-20-12-17(13-21(15-20)31-2)25(29)26-18-8-9-22-23(14-18)33-16-24(28)27(22)10-11-32-19-6-4-3-5-7-19/h3-9,12-15H,10-11,16H2,1-2H3,(H,26,29). The van der Waals surface area contributed by atoms with Crippen LogP contribution in [0.15, 0.2) is 66.7 Å². The van der Waals surface area contributed by atoms with E-state index >= 15 is 0 Å². The van der Waals surface area contributed by atoms with Gasteiger partial charge in [-0.1, -0.05) is 18.2 Å². The molecular weight excluding hydrogens is 424 g/mol. The number of amides is 2. The highest BCUT2D eigenvalue weighted by atomic mass is 16.5. The number of rotatable bonds is 8. The van der Waals surface area contributed by atoms with Crippen molar-refractivity contribution in [2.24, 2.45) is 0 Å². The van der Waals surface area contributed by atoms with Gasteiger partial charge in [-0.25, -0.2) is 0 Å². The van der Waals surface area contributed by atoms with Gasteiger partial charge in [0.25, 0.3) is 11.8 Å². The lowest BCUT2D eigenvalue weighted by molar-refractivity contribution is -0.121. The van der Waals surface area contributed by atoms with Crippen molar-refractivity contribution in [3.05, 3.63) is 72.3 Å². The molecule has 1 aliphatic rings. The highest BCUT2D eigenvalue weighted by Crippen LogP contribution is 2.35. The highest BCUT2D eigenvalue weighted by Gasteiger charge is 2.26. The Balaban J connectivity index is 1.46. The lowest BCUT2D eigenvalue weighted by atomic mass is 10.1. The third kappa shape index (κ3) is 5.17. The molecule has 0 spiro atoms. The number of carbonyl (C=O) groups is 2. The molecule has 0 bridgehead atoms. The minimum atomic E-state index is -0.327. The number of benzene rings is 3. The van der Waals surface area contributed by atoms with Gasteiger partial charge in [-0.3, -0.25) is 9.59 Å². The fourth-order valence-corrected chi connectivity index (χ4v) is 3.44. The van der Waals surface area contributed by atoms with Crippen molar-refractivity contribution >= 4 is 23.2 Å². The number of anilines is 2. The van der Waals surface area contributed by atoms with Crippen LogP contribution in [0.25, 0.3) is 0 Å². The van der Waals surface area contributed by atoms with Crippen molar-refractivity contribution in [3.8, 4) is 23.0 Å². The molecule has 2 amide bonds. The zero-order valence-electron chi connectivity index (χ0n) is 18.4. The van der Waals surface area contributed by atoms with Gasteiger partial charge in [-0.15, -0.1) is 0 Å². The molecule has 3 aromatic carbocycles. The van der Waals surface area contributed by atoms with Gasteiger partial charge in [-0.05, 0) is 36.4 Å². The molecule has 3 aromatic rings. The normalized spacial score (nSPS) is 12.4. The van der Waals surface area contributed by atoms with Crippen molar-refractivity contribution < 1.29 is 28.5 Å². The van der Waals surface area contributed by atoms with E-state index in [2.05, 4.69) is 5.32 Å². The van der Waals surface area contributed by atoms with Gasteiger partial charge < -0.3 is 29.2 Å². The summed E-state index contributed by atoms with van der Waals surface area (Å²) in [4.78, 5) is 26.8. The maximum Gasteiger partial charge on any atom is 0.265 e. The zero-order valence-corrected chi connectivity index (χ0v) is 18.4. The molecule has 1 N–H and O–H groups in total. The average molecular weight is 448 g/mol. The van der Waals surface area contributed by atoms with Gasteiger partial charge >= 0.3 is 0 Å². The average Bonchev–Trinajstić information content (AvgIpc) is 2.85. The molecule has 33 heavy (non-hydrogen) atoms. The highest BCUT2D eigenvalue weighted by molar-refractivity contribution is 6.05. The summed E-state index contributed by atoms with van der Waals surface area (Å²) in [7, 11) is 3.05. The fourth-order valence-electron chi connectivity index (χ4n) is 3.44. The molecule has 0 saturated carbocycles. The van der Waals surface area contributed by atoms with Crippen molar-refractivity contribution in [3.63, 3.8) is 0 Å². The van der Waals surface area contributed by atoms with Gasteiger partial charge in [0.15, 0.2) is 6.61 Å². The third-order valence-corrected chi connectivity index (χ3v) is 5.10. The number of hydrogen-bond acceptors (Lipinski definition) is 6. The van der Waals surface area contributed by atoms with E-state index in [1.807, 2.05) is 30.3 Å². The van der Waals surface area contributed by atoms with Gasteiger partial charge in [0.05, 0.1) is 26.5 Å². The molecule has 0 saturated heterocycles. The summed E-state index contributed by atoms with van der Waals surface area (Å²) < 4.78 is 21.8. The number of nitrogens with zero attached hydrogens (tertiary/aromatic N) is 1. The predicted molar refractivity (Wildman–Crippen MR) is 124 cm³/mol. The molecule has 0 aliphatic carbocycles. The Morgan fingerprint density at radius 1 is 0.970 bits per heavy atom. The summed E-state index contributed by atoms with van der Waals surface area (Å²) in [6, 6.07) is 19.5. The van der Waals surface area contributed by atoms with Crippen LogP contribution in [-0.2, 0) is 4.79 Å². The quantitative estimate of drug-likeness (QED) is 0.565. The Hall–Kier alpha value is -4.20. The van der Waals surface area contributed by atoms with Crippen LogP contribution in [0.1, 0.15) is 10.4 Å². The first-order valence-electron chi connectivity index (χ1n) is 10.4. The van der Waals surface area contributed by atoms with Gasteiger partial charge in [0.1, 0.15) is 29.6 Å². The van der Waals surface area contributed by atoms with Crippen LogP contribution in [0.4, 0.5) is 11.4 Å². The Kier molecular flexibility index (Phi) is 6.64. The molecule has 0 radical (unpaired) electrons. The molecule has 1 heterocycles. The second kappa shape index (κ2) is 9.95. The molecule has 8 nitrogen and oxygen atoms in total. The first kappa shape index (κ1) is 22.0. The minimum Gasteiger partial charge on any atom is -0.497 e. The van der Waals surface area contributed by atoms with Crippen molar-refractivity contribution in [1.29, 1.82) is 0 Å². The Morgan fingerprint density at radius 3 is 2.39 bits per heavy atom. The van der Waals surface area contributed by atoms with E-state index in [-0.39, 0.29) is 18.4 Å². The number of hydrogen-bond donors (Lipinski definition) is 1. The lowest BCUT2D eigenvalue weighted by Gasteiger charge is -2.29. The van der Waals surface area contributed by atoms with E-state index < -0.39 is 0 Å². The van der Waals surface area contributed by atoms with E-state index in [1.54, 1.807) is 41.3 Å². The van der Waals surface area contributed by atoms with Crippen molar-refractivity contribution in [2.45, 2.75) is 0 Å². The zero-order chi connectivity index (χ0) is 23.2. The van der Waals surface area contributed by atoms with Crippen LogP contribution < -0.4 is 29.2 Å². The molecule has 4 rings (SSSR count). The second-order valence-corrected chi connectivity index (χ2v) is 7.23. The summed E-state index contributed by atoms with van der Waals surface area (Å²) in [5.41, 5.74) is 1.55. The molecule has 8 heteroatoms. The van der Waals surface area contributed by atoms with Crippen LogP contribution in [0, 0.1) is 0 Å². The van der Waals surface area contributed by atoms with E-state index in [0.29, 0.717) is 47.3 Å². The Morgan fingerprint density at radius 2 is 1.70 bits per heavy atom. The maximum atomic E-state index is 12.8. The van der Waals surface area contributed by atoms with Crippen LogP contribution in [0.5, 0.6) is 23.0 Å². The molecule has 1 aliphatic heterocycles. The summed E-state index contributed by atoms with van der Waals surface area (Å²) in [6.07, 6.45) is 0. The first-order valence-corrected chi connectivity index (χ1v) is 10.4. The SMILES string of the molecule is COc1cc(OC)cc(C(=O)Nc2ccc3c(c2)OCC(=O)N3CCOc2ccccc2)c1. The summed E-state index contributed by atoms with van der Waals surface area (Å²) in [5.74, 6) is 1.80. The first-order chi connectivity index (χ1) is 16.1. The predicted octanol–water partition coefficient (Wildman–Crippen LogP) is 3.76. The number of carbonyl (C=O) groups excluding carboxylic acids is 2. The maximum absolute atomic E-state index is 12.8. The molecule has 0 fully saturated rings. The van der Waals surface area contributed by atoms with E-state index in [4.69, 9.17) is 18.9 Å². The summed E-state index contributed by atoms with van der Waals surface area (Å²) in [5, 5.41) is 2.84. The smallest absolute Gasteiger partial charge is 0.265 e. The lowest BCUT2D eigenvalue weighted by Crippen LogP contribution is -2.41. The summed E-state index contributed by atoms with van der Waals surface area (Å²) in [6.45, 7) is 0.633. The third-order valence-electron chi connectivity index (χ3n) is 5.10. The number of ether oxygens (including phenoxy) is 4. The number of fused-ring (bicyclic) bond motifs is 1. The molecule has 0 aromatic heterocycles. The number of nitrogens with one attached hydrogen (secondary N) is 1. The number of para-hydroxylation sites is 1.